The number of piperazine rings is 1. The maximum Gasteiger partial charge on any atom is 0.253 e. The Morgan fingerprint density at radius 2 is 1.64 bits per heavy atom. The molecule has 0 spiro atoms. The molecule has 1 aliphatic heterocycles. The molecule has 2 N–H and O–H groups in total. The number of carbonyl (C=O) groups is 2. The summed E-state index contributed by atoms with van der Waals surface area (Å²) in [6, 6.07) is 15.7. The van der Waals surface area contributed by atoms with Gasteiger partial charge in [0.1, 0.15) is 0 Å². The quantitative estimate of drug-likeness (QED) is 0.839. The van der Waals surface area contributed by atoms with Crippen LogP contribution < -0.4 is 5.73 Å². The Bertz CT molecular complexity index is 841. The van der Waals surface area contributed by atoms with Gasteiger partial charge in [0, 0.05) is 31.7 Å². The second-order valence-corrected chi connectivity index (χ2v) is 7.55. The minimum absolute atomic E-state index is 0.0760. The van der Waals surface area contributed by atoms with Crippen LogP contribution in [0, 0.1) is 0 Å². The van der Waals surface area contributed by atoms with Crippen LogP contribution in [0.1, 0.15) is 41.6 Å². The molecule has 1 fully saturated rings. The van der Waals surface area contributed by atoms with E-state index in [2.05, 4.69) is 11.9 Å². The van der Waals surface area contributed by atoms with Crippen molar-refractivity contribution in [1.29, 1.82) is 0 Å². The van der Waals surface area contributed by atoms with Gasteiger partial charge >= 0.3 is 0 Å². The number of amides is 2. The number of nitrogens with two attached hydrogens (primary N) is 1. The zero-order valence-electron chi connectivity index (χ0n) is 16.7. The van der Waals surface area contributed by atoms with Crippen molar-refractivity contribution in [2.45, 2.75) is 25.7 Å². The lowest BCUT2D eigenvalue weighted by Gasteiger charge is -2.32. The molecule has 1 unspecified atom stereocenters. The van der Waals surface area contributed by atoms with E-state index in [0.29, 0.717) is 5.56 Å². The summed E-state index contributed by atoms with van der Waals surface area (Å²) in [5.74, 6) is -0.495. The second kappa shape index (κ2) is 9.02. The third-order valence-corrected chi connectivity index (χ3v) is 5.44. The fraction of sp³-hybridized carbons (Fsp3) is 0.391. The average Bonchev–Trinajstić information content (AvgIpc) is 2.72. The molecular weight excluding hydrogens is 350 g/mol. The highest BCUT2D eigenvalue weighted by Crippen LogP contribution is 2.27. The largest absolute Gasteiger partial charge is 0.369 e. The first-order chi connectivity index (χ1) is 13.5. The minimum Gasteiger partial charge on any atom is -0.369 e. The molecular formula is C23H29N3O2. The Hall–Kier alpha value is -2.66. The van der Waals surface area contributed by atoms with Gasteiger partial charge in [0.25, 0.3) is 5.91 Å². The number of rotatable bonds is 6. The molecule has 1 saturated heterocycles. The van der Waals surface area contributed by atoms with Gasteiger partial charge in [-0.25, -0.2) is 0 Å². The van der Waals surface area contributed by atoms with Crippen molar-refractivity contribution in [1.82, 2.24) is 9.80 Å². The molecule has 5 heteroatoms. The number of nitrogens with zero attached hydrogens (tertiary/aromatic N) is 2. The first kappa shape index (κ1) is 20.1. The molecule has 0 radical (unpaired) electrons. The zero-order chi connectivity index (χ0) is 20.1. The van der Waals surface area contributed by atoms with Crippen LogP contribution in [0.4, 0.5) is 0 Å². The van der Waals surface area contributed by atoms with Gasteiger partial charge in [-0.2, -0.15) is 0 Å². The van der Waals surface area contributed by atoms with Gasteiger partial charge in [-0.15, -0.1) is 0 Å². The van der Waals surface area contributed by atoms with Crippen molar-refractivity contribution in [3.05, 3.63) is 59.7 Å². The average molecular weight is 380 g/mol. The molecule has 2 aromatic rings. The van der Waals surface area contributed by atoms with E-state index >= 15 is 0 Å². The van der Waals surface area contributed by atoms with Crippen molar-refractivity contribution in [2.24, 2.45) is 5.73 Å². The van der Waals surface area contributed by atoms with Gasteiger partial charge in [-0.05, 0) is 42.3 Å². The molecule has 3 rings (SSSR count). The molecule has 1 aliphatic rings. The molecule has 1 heterocycles. The molecule has 28 heavy (non-hydrogen) atoms. The van der Waals surface area contributed by atoms with Crippen molar-refractivity contribution in [2.75, 3.05) is 33.2 Å². The Labute approximate surface area is 167 Å². The number of carbonyl (C=O) groups excluding carboxylic acids is 2. The minimum atomic E-state index is -0.294. The van der Waals surface area contributed by atoms with Gasteiger partial charge in [0.15, 0.2) is 0 Å². The van der Waals surface area contributed by atoms with E-state index in [9.17, 15) is 9.59 Å². The second-order valence-electron chi connectivity index (χ2n) is 7.55. The van der Waals surface area contributed by atoms with Crippen LogP contribution in [-0.2, 0) is 4.79 Å². The standard InChI is InChI=1S/C23H29N3O2/c1-3-6-21(22(24)27)19-9-4-7-17(15-19)18-8-5-10-20(16-18)23(28)26-13-11-25(2)12-14-26/h4-5,7-10,15-16,21H,3,6,11-14H2,1-2H3,(H2,24,27). The van der Waals surface area contributed by atoms with E-state index in [1.165, 1.54) is 0 Å². The normalized spacial score (nSPS) is 16.0. The van der Waals surface area contributed by atoms with Crippen LogP contribution in [0.5, 0.6) is 0 Å². The Balaban J connectivity index is 1.85. The molecule has 148 valence electrons. The van der Waals surface area contributed by atoms with Crippen molar-refractivity contribution >= 4 is 11.8 Å². The highest BCUT2D eigenvalue weighted by Gasteiger charge is 2.21. The molecule has 5 nitrogen and oxygen atoms in total. The first-order valence-electron chi connectivity index (χ1n) is 9.97. The summed E-state index contributed by atoms with van der Waals surface area (Å²) in [5.41, 5.74) is 9.21. The molecule has 0 aliphatic carbocycles. The summed E-state index contributed by atoms with van der Waals surface area (Å²) in [6.45, 7) is 5.37. The van der Waals surface area contributed by atoms with Gasteiger partial charge < -0.3 is 15.5 Å². The van der Waals surface area contributed by atoms with Crippen molar-refractivity contribution < 1.29 is 9.59 Å². The highest BCUT2D eigenvalue weighted by atomic mass is 16.2. The Morgan fingerprint density at radius 1 is 1.00 bits per heavy atom. The summed E-state index contributed by atoms with van der Waals surface area (Å²) in [6.07, 6.45) is 1.63. The van der Waals surface area contributed by atoms with Crippen LogP contribution in [0.3, 0.4) is 0 Å². The van der Waals surface area contributed by atoms with E-state index in [1.54, 1.807) is 0 Å². The topological polar surface area (TPSA) is 66.6 Å². The zero-order valence-corrected chi connectivity index (χ0v) is 16.7. The number of likely N-dealkylation sites (N-methyl/N-ethyl adjacent to an activating group) is 1. The lowest BCUT2D eigenvalue weighted by Crippen LogP contribution is -2.47. The summed E-state index contributed by atoms with van der Waals surface area (Å²) in [7, 11) is 2.08. The lowest BCUT2D eigenvalue weighted by molar-refractivity contribution is -0.119. The fourth-order valence-corrected chi connectivity index (χ4v) is 3.72. The number of hydrogen-bond donors (Lipinski definition) is 1. The Morgan fingerprint density at radius 3 is 2.29 bits per heavy atom. The number of hydrogen-bond acceptors (Lipinski definition) is 3. The number of benzene rings is 2. The van der Waals surface area contributed by atoms with Crippen LogP contribution in [0.15, 0.2) is 48.5 Å². The molecule has 1 atom stereocenters. The highest BCUT2D eigenvalue weighted by molar-refractivity contribution is 5.95. The predicted molar refractivity (Wildman–Crippen MR) is 112 cm³/mol. The summed E-state index contributed by atoms with van der Waals surface area (Å²) >= 11 is 0. The fourth-order valence-electron chi connectivity index (χ4n) is 3.72. The number of primary amides is 1. The Kier molecular flexibility index (Phi) is 6.47. The molecule has 2 amide bonds. The summed E-state index contributed by atoms with van der Waals surface area (Å²) in [4.78, 5) is 28.9. The molecule has 0 bridgehead atoms. The summed E-state index contributed by atoms with van der Waals surface area (Å²) < 4.78 is 0. The van der Waals surface area contributed by atoms with Gasteiger partial charge in [0.05, 0.1) is 5.92 Å². The maximum atomic E-state index is 12.9. The third-order valence-electron chi connectivity index (χ3n) is 5.44. The molecule has 0 aromatic heterocycles. The van der Waals surface area contributed by atoms with Crippen LogP contribution >= 0.6 is 0 Å². The predicted octanol–water partition coefficient (Wildman–Crippen LogP) is 3.11. The van der Waals surface area contributed by atoms with E-state index in [-0.39, 0.29) is 17.7 Å². The van der Waals surface area contributed by atoms with Crippen LogP contribution in [0.2, 0.25) is 0 Å². The molecule has 0 saturated carbocycles. The third kappa shape index (κ3) is 4.60. The summed E-state index contributed by atoms with van der Waals surface area (Å²) in [5, 5.41) is 0. The van der Waals surface area contributed by atoms with E-state index in [4.69, 9.17) is 5.73 Å². The van der Waals surface area contributed by atoms with E-state index < -0.39 is 0 Å². The van der Waals surface area contributed by atoms with Crippen molar-refractivity contribution in [3.63, 3.8) is 0 Å². The van der Waals surface area contributed by atoms with Gasteiger partial charge in [-0.1, -0.05) is 49.7 Å². The van der Waals surface area contributed by atoms with Crippen LogP contribution in [0.25, 0.3) is 11.1 Å². The lowest BCUT2D eigenvalue weighted by atomic mass is 9.91. The van der Waals surface area contributed by atoms with Crippen LogP contribution in [-0.4, -0.2) is 54.8 Å². The van der Waals surface area contributed by atoms with Crippen molar-refractivity contribution in [3.8, 4) is 11.1 Å². The van der Waals surface area contributed by atoms with Gasteiger partial charge in [-0.3, -0.25) is 9.59 Å². The maximum absolute atomic E-state index is 12.9. The smallest absolute Gasteiger partial charge is 0.253 e. The first-order valence-corrected chi connectivity index (χ1v) is 9.97. The van der Waals surface area contributed by atoms with E-state index in [0.717, 1.165) is 55.7 Å². The van der Waals surface area contributed by atoms with Gasteiger partial charge in [0.2, 0.25) is 5.91 Å². The SMILES string of the molecule is CCCC(C(N)=O)c1cccc(-c2cccc(C(=O)N3CCN(C)CC3)c2)c1. The monoisotopic (exact) mass is 379 g/mol. The molecule has 2 aromatic carbocycles. The van der Waals surface area contributed by atoms with E-state index in [1.807, 2.05) is 60.4 Å².